The van der Waals surface area contributed by atoms with Crippen LogP contribution in [0.2, 0.25) is 0 Å². The first kappa shape index (κ1) is 9.39. The molecule has 0 aliphatic heterocycles. The minimum Gasteiger partial charge on any atom is -0.548 e. The molecule has 0 saturated carbocycles. The van der Waals surface area contributed by atoms with Crippen molar-refractivity contribution in [1.82, 2.24) is 0 Å². The third kappa shape index (κ3) is 4.29. The number of carbonyl (C=O) groups excluding carboxylic acids is 1. The Morgan fingerprint density at radius 2 is 2.20 bits per heavy atom. The second kappa shape index (κ2) is 4.24. The molecule has 4 nitrogen and oxygen atoms in total. The van der Waals surface area contributed by atoms with Crippen molar-refractivity contribution in [2.75, 3.05) is 6.61 Å². The molecule has 0 fully saturated rings. The number of carbonyl (C=O) groups is 1. The molecule has 0 bridgehead atoms. The normalized spacial score (nSPS) is 13.6. The Bertz CT molecular complexity index is 114. The monoisotopic (exact) mass is 146 g/mol. The second-order valence-electron chi connectivity index (χ2n) is 2.31. The molecule has 60 valence electrons. The van der Waals surface area contributed by atoms with Gasteiger partial charge in [0.2, 0.25) is 0 Å². The van der Waals surface area contributed by atoms with Crippen molar-refractivity contribution < 1.29 is 14.6 Å². The van der Waals surface area contributed by atoms with Gasteiger partial charge in [-0.15, -0.1) is 0 Å². The van der Waals surface area contributed by atoms with E-state index in [-0.39, 0.29) is 12.7 Å². The molecule has 0 aliphatic carbocycles. The van der Waals surface area contributed by atoms with Gasteiger partial charge < -0.3 is 20.4 Å². The summed E-state index contributed by atoms with van der Waals surface area (Å²) in [4.78, 5) is 10.00. The molecule has 0 heterocycles. The number of hydrogen-bond acceptors (Lipinski definition) is 4. The van der Waals surface area contributed by atoms with Crippen LogP contribution in [0.5, 0.6) is 0 Å². The van der Waals surface area contributed by atoms with E-state index in [0.717, 1.165) is 0 Å². The average molecular weight is 146 g/mol. The van der Waals surface area contributed by atoms with Crippen molar-refractivity contribution in [3.8, 4) is 0 Å². The van der Waals surface area contributed by atoms with Crippen LogP contribution in [0.3, 0.4) is 0 Å². The Morgan fingerprint density at radius 1 is 1.70 bits per heavy atom. The van der Waals surface area contributed by atoms with E-state index in [1.54, 1.807) is 0 Å². The molecule has 0 rings (SSSR count). The zero-order chi connectivity index (χ0) is 8.15. The van der Waals surface area contributed by atoms with Crippen molar-refractivity contribution in [3.05, 3.63) is 0 Å². The lowest BCUT2D eigenvalue weighted by Crippen LogP contribution is -2.45. The van der Waals surface area contributed by atoms with Crippen LogP contribution < -0.4 is 10.8 Å². The fourth-order valence-corrected chi connectivity index (χ4v) is 0.364. The van der Waals surface area contributed by atoms with Gasteiger partial charge in [0, 0.05) is 0 Å². The summed E-state index contributed by atoms with van der Waals surface area (Å²) in [6.07, 6.45) is 0.00500. The zero-order valence-corrected chi connectivity index (χ0v) is 6.16. The number of nitrogens with two attached hydrogens (primary N) is 1. The highest BCUT2D eigenvalue weighted by molar-refractivity contribution is 5.70. The SMILES string of the molecule is CC(C)OCC(N)C(=O)[O-]. The van der Waals surface area contributed by atoms with Crippen LogP contribution in [0, 0.1) is 0 Å². The molecule has 2 N–H and O–H groups in total. The molecule has 1 unspecified atom stereocenters. The van der Waals surface area contributed by atoms with E-state index in [0.29, 0.717) is 0 Å². The maximum absolute atomic E-state index is 10.00. The molecule has 0 aliphatic rings. The lowest BCUT2D eigenvalue weighted by Gasteiger charge is -2.14. The Morgan fingerprint density at radius 3 is 2.50 bits per heavy atom. The van der Waals surface area contributed by atoms with Crippen LogP contribution >= 0.6 is 0 Å². The molecular weight excluding hydrogens is 134 g/mol. The van der Waals surface area contributed by atoms with Crippen molar-refractivity contribution in [2.45, 2.75) is 26.0 Å². The lowest BCUT2D eigenvalue weighted by molar-refractivity contribution is -0.308. The van der Waals surface area contributed by atoms with E-state index in [2.05, 4.69) is 0 Å². The molecule has 0 radical (unpaired) electrons. The van der Waals surface area contributed by atoms with Crippen LogP contribution in [0.1, 0.15) is 13.8 Å². The highest BCUT2D eigenvalue weighted by Crippen LogP contribution is 1.88. The van der Waals surface area contributed by atoms with Gasteiger partial charge in [-0.05, 0) is 13.8 Å². The highest BCUT2D eigenvalue weighted by atomic mass is 16.5. The van der Waals surface area contributed by atoms with Crippen LogP contribution in [0.4, 0.5) is 0 Å². The average Bonchev–Trinajstić information content (AvgIpc) is 1.82. The maximum atomic E-state index is 10.00. The predicted octanol–water partition coefficient (Wildman–Crippen LogP) is -1.51. The van der Waals surface area contributed by atoms with Gasteiger partial charge >= 0.3 is 0 Å². The number of carboxylic acid groups (broad SMARTS) is 1. The Labute approximate surface area is 60.0 Å². The first-order valence-corrected chi connectivity index (χ1v) is 3.12. The molecule has 0 saturated heterocycles. The molecule has 10 heavy (non-hydrogen) atoms. The fourth-order valence-electron chi connectivity index (χ4n) is 0.364. The van der Waals surface area contributed by atoms with Crippen molar-refractivity contribution in [2.24, 2.45) is 5.73 Å². The third-order valence-corrected chi connectivity index (χ3v) is 0.912. The Kier molecular flexibility index (Phi) is 3.99. The second-order valence-corrected chi connectivity index (χ2v) is 2.31. The summed E-state index contributed by atoms with van der Waals surface area (Å²) >= 11 is 0. The number of aliphatic carboxylic acids is 1. The summed E-state index contributed by atoms with van der Waals surface area (Å²) in [6, 6.07) is -1.01. The van der Waals surface area contributed by atoms with Crippen molar-refractivity contribution in [3.63, 3.8) is 0 Å². The van der Waals surface area contributed by atoms with Gasteiger partial charge in [-0.1, -0.05) is 0 Å². The lowest BCUT2D eigenvalue weighted by atomic mass is 10.3. The number of rotatable bonds is 4. The smallest absolute Gasteiger partial charge is 0.0680 e. The summed E-state index contributed by atoms with van der Waals surface area (Å²) in [5, 5.41) is 10.00. The molecule has 0 aromatic rings. The van der Waals surface area contributed by atoms with Crippen LogP contribution in [0.15, 0.2) is 0 Å². The topological polar surface area (TPSA) is 75.4 Å². The van der Waals surface area contributed by atoms with E-state index >= 15 is 0 Å². The standard InChI is InChI=1S/C6H13NO3/c1-4(2)10-3-5(7)6(8)9/h4-5H,3,7H2,1-2H3,(H,8,9)/p-1. The minimum atomic E-state index is -1.28. The number of ether oxygens (including phenoxy) is 1. The molecule has 0 amide bonds. The van der Waals surface area contributed by atoms with Gasteiger partial charge in [0.25, 0.3) is 0 Å². The molecule has 0 aromatic heterocycles. The van der Waals surface area contributed by atoms with E-state index in [1.807, 2.05) is 13.8 Å². The van der Waals surface area contributed by atoms with E-state index < -0.39 is 12.0 Å². The zero-order valence-electron chi connectivity index (χ0n) is 6.16. The Balaban J connectivity index is 3.40. The molecule has 0 spiro atoms. The van der Waals surface area contributed by atoms with E-state index in [4.69, 9.17) is 10.5 Å². The fraction of sp³-hybridized carbons (Fsp3) is 0.833. The Hall–Kier alpha value is -0.610. The largest absolute Gasteiger partial charge is 0.548 e. The molecule has 1 atom stereocenters. The third-order valence-electron chi connectivity index (χ3n) is 0.912. The van der Waals surface area contributed by atoms with Crippen LogP contribution in [-0.2, 0) is 9.53 Å². The summed E-state index contributed by atoms with van der Waals surface area (Å²) in [6.45, 7) is 3.63. The first-order chi connectivity index (χ1) is 4.54. The van der Waals surface area contributed by atoms with Crippen LogP contribution in [-0.4, -0.2) is 24.7 Å². The van der Waals surface area contributed by atoms with Crippen molar-refractivity contribution >= 4 is 5.97 Å². The maximum Gasteiger partial charge on any atom is 0.0680 e. The van der Waals surface area contributed by atoms with E-state index in [1.165, 1.54) is 0 Å². The van der Waals surface area contributed by atoms with Crippen molar-refractivity contribution in [1.29, 1.82) is 0 Å². The number of hydrogen-bond donors (Lipinski definition) is 1. The highest BCUT2D eigenvalue weighted by Gasteiger charge is 2.03. The summed E-state index contributed by atoms with van der Waals surface area (Å²) in [5.41, 5.74) is 5.08. The van der Waals surface area contributed by atoms with Gasteiger partial charge in [0.15, 0.2) is 0 Å². The predicted molar refractivity (Wildman–Crippen MR) is 34.1 cm³/mol. The summed E-state index contributed by atoms with van der Waals surface area (Å²) in [7, 11) is 0. The van der Waals surface area contributed by atoms with Gasteiger partial charge in [0.05, 0.1) is 24.7 Å². The van der Waals surface area contributed by atoms with Gasteiger partial charge in [-0.2, -0.15) is 0 Å². The molecular formula is C6H12NO3-. The quantitative estimate of drug-likeness (QED) is 0.523. The van der Waals surface area contributed by atoms with E-state index in [9.17, 15) is 9.90 Å². The summed E-state index contributed by atoms with van der Waals surface area (Å²) < 4.78 is 4.92. The van der Waals surface area contributed by atoms with Gasteiger partial charge in [-0.25, -0.2) is 0 Å². The van der Waals surface area contributed by atoms with Gasteiger partial charge in [-0.3, -0.25) is 0 Å². The minimum absolute atomic E-state index is 0.00500. The molecule has 4 heteroatoms. The molecule has 0 aromatic carbocycles. The summed E-state index contributed by atoms with van der Waals surface area (Å²) in [5.74, 6) is -1.28. The number of carboxylic acids is 1. The van der Waals surface area contributed by atoms with Gasteiger partial charge in [0.1, 0.15) is 0 Å². The van der Waals surface area contributed by atoms with Crippen LogP contribution in [0.25, 0.3) is 0 Å². The first-order valence-electron chi connectivity index (χ1n) is 3.12.